The number of hydrogen-bond donors (Lipinski definition) is 1. The molecule has 0 fully saturated rings. The third-order valence-electron chi connectivity index (χ3n) is 4.60. The standard InChI is InChI=1S/C22H24N2O5S/c1-16-6-7-17(2)21(13-16)30(26,27)24(18-8-10-19(28-3)11-9-18)15-22(25)23-14-20-5-4-12-29-20/h4-13H,14-15H2,1-3H3,(H,23,25). The van der Waals surface area contributed by atoms with Crippen LogP contribution in [0.4, 0.5) is 5.69 Å². The zero-order valence-corrected chi connectivity index (χ0v) is 17.9. The second-order valence-electron chi connectivity index (χ2n) is 6.83. The summed E-state index contributed by atoms with van der Waals surface area (Å²) in [5, 5.41) is 2.69. The molecular weight excluding hydrogens is 404 g/mol. The maximum absolute atomic E-state index is 13.5. The van der Waals surface area contributed by atoms with Gasteiger partial charge in [0.1, 0.15) is 18.1 Å². The van der Waals surface area contributed by atoms with Crippen LogP contribution >= 0.6 is 0 Å². The van der Waals surface area contributed by atoms with Gasteiger partial charge in [0.05, 0.1) is 30.5 Å². The summed E-state index contributed by atoms with van der Waals surface area (Å²) in [4.78, 5) is 12.8. The number of carbonyl (C=O) groups excluding carboxylic acids is 1. The molecule has 1 amide bonds. The third kappa shape index (κ3) is 4.83. The zero-order chi connectivity index (χ0) is 21.7. The molecule has 0 spiro atoms. The van der Waals surface area contributed by atoms with Gasteiger partial charge in [-0.3, -0.25) is 9.10 Å². The molecule has 30 heavy (non-hydrogen) atoms. The number of hydrogen-bond acceptors (Lipinski definition) is 5. The minimum atomic E-state index is -3.99. The van der Waals surface area contributed by atoms with E-state index in [1.54, 1.807) is 55.5 Å². The van der Waals surface area contributed by atoms with E-state index in [9.17, 15) is 13.2 Å². The number of furan rings is 1. The van der Waals surface area contributed by atoms with E-state index in [-0.39, 0.29) is 18.0 Å². The molecule has 0 saturated heterocycles. The Morgan fingerprint density at radius 3 is 2.47 bits per heavy atom. The van der Waals surface area contributed by atoms with Gasteiger partial charge in [-0.15, -0.1) is 0 Å². The van der Waals surface area contributed by atoms with Gasteiger partial charge in [-0.25, -0.2) is 8.42 Å². The van der Waals surface area contributed by atoms with Crippen molar-refractivity contribution in [1.82, 2.24) is 5.32 Å². The lowest BCUT2D eigenvalue weighted by atomic mass is 10.2. The molecule has 3 rings (SSSR count). The quantitative estimate of drug-likeness (QED) is 0.594. The Hall–Kier alpha value is -3.26. The topological polar surface area (TPSA) is 88.8 Å². The van der Waals surface area contributed by atoms with Crippen LogP contribution in [0.1, 0.15) is 16.9 Å². The molecule has 0 radical (unpaired) electrons. The van der Waals surface area contributed by atoms with E-state index in [0.29, 0.717) is 22.8 Å². The van der Waals surface area contributed by atoms with E-state index in [1.165, 1.54) is 13.4 Å². The summed E-state index contributed by atoms with van der Waals surface area (Å²) in [6.45, 7) is 3.36. The van der Waals surface area contributed by atoms with Crippen LogP contribution in [-0.4, -0.2) is 28.0 Å². The number of carbonyl (C=O) groups is 1. The van der Waals surface area contributed by atoms with Crippen LogP contribution in [0.2, 0.25) is 0 Å². The van der Waals surface area contributed by atoms with Gasteiger partial charge >= 0.3 is 0 Å². The van der Waals surface area contributed by atoms with Crippen molar-refractivity contribution in [2.24, 2.45) is 0 Å². The van der Waals surface area contributed by atoms with Gasteiger partial charge in [0.2, 0.25) is 5.91 Å². The number of anilines is 1. The molecule has 0 aliphatic heterocycles. The van der Waals surface area contributed by atoms with Crippen molar-refractivity contribution in [3.05, 3.63) is 77.7 Å². The SMILES string of the molecule is COc1ccc(N(CC(=O)NCc2ccco2)S(=O)(=O)c2cc(C)ccc2C)cc1. The Morgan fingerprint density at radius 1 is 1.10 bits per heavy atom. The Labute approximate surface area is 176 Å². The van der Waals surface area contributed by atoms with Gasteiger partial charge in [-0.05, 0) is 67.4 Å². The summed E-state index contributed by atoms with van der Waals surface area (Å²) in [5.41, 5.74) is 1.79. The number of benzene rings is 2. The molecule has 8 heteroatoms. The Bertz CT molecular complexity index is 1110. The smallest absolute Gasteiger partial charge is 0.265 e. The van der Waals surface area contributed by atoms with Gasteiger partial charge in [0, 0.05) is 0 Å². The molecule has 158 valence electrons. The van der Waals surface area contributed by atoms with Crippen molar-refractivity contribution in [3.63, 3.8) is 0 Å². The molecular formula is C22H24N2O5S. The highest BCUT2D eigenvalue weighted by Gasteiger charge is 2.28. The largest absolute Gasteiger partial charge is 0.497 e. The highest BCUT2D eigenvalue weighted by atomic mass is 32.2. The van der Waals surface area contributed by atoms with Crippen LogP contribution in [-0.2, 0) is 21.4 Å². The predicted molar refractivity (Wildman–Crippen MR) is 114 cm³/mol. The van der Waals surface area contributed by atoms with E-state index in [1.807, 2.05) is 13.0 Å². The maximum Gasteiger partial charge on any atom is 0.265 e. The lowest BCUT2D eigenvalue weighted by Crippen LogP contribution is -2.40. The van der Waals surface area contributed by atoms with Crippen molar-refractivity contribution < 1.29 is 22.4 Å². The molecule has 0 aliphatic rings. The first kappa shape index (κ1) is 21.4. The minimum Gasteiger partial charge on any atom is -0.497 e. The lowest BCUT2D eigenvalue weighted by Gasteiger charge is -2.25. The molecule has 0 aliphatic carbocycles. The van der Waals surface area contributed by atoms with Crippen LogP contribution < -0.4 is 14.4 Å². The molecule has 0 atom stereocenters. The van der Waals surface area contributed by atoms with E-state index >= 15 is 0 Å². The van der Waals surface area contributed by atoms with Gasteiger partial charge in [-0.2, -0.15) is 0 Å². The average molecular weight is 429 g/mol. The van der Waals surface area contributed by atoms with E-state index < -0.39 is 15.9 Å². The first-order chi connectivity index (χ1) is 14.3. The molecule has 1 heterocycles. The molecule has 3 aromatic rings. The minimum absolute atomic E-state index is 0.164. The zero-order valence-electron chi connectivity index (χ0n) is 17.1. The van der Waals surface area contributed by atoms with E-state index in [0.717, 1.165) is 9.87 Å². The van der Waals surface area contributed by atoms with Crippen molar-refractivity contribution in [2.75, 3.05) is 18.0 Å². The highest BCUT2D eigenvalue weighted by molar-refractivity contribution is 7.93. The summed E-state index contributed by atoms with van der Waals surface area (Å²) in [6, 6.07) is 15.2. The van der Waals surface area contributed by atoms with Crippen molar-refractivity contribution in [1.29, 1.82) is 0 Å². The van der Waals surface area contributed by atoms with Crippen LogP contribution in [0, 0.1) is 13.8 Å². The molecule has 0 unspecified atom stereocenters. The maximum atomic E-state index is 13.5. The summed E-state index contributed by atoms with van der Waals surface area (Å²) in [6.07, 6.45) is 1.51. The fourth-order valence-electron chi connectivity index (χ4n) is 2.95. The summed E-state index contributed by atoms with van der Waals surface area (Å²) in [7, 11) is -2.46. The number of rotatable bonds is 8. The van der Waals surface area contributed by atoms with Gasteiger partial charge in [0.25, 0.3) is 10.0 Å². The van der Waals surface area contributed by atoms with Crippen molar-refractivity contribution in [3.8, 4) is 5.75 Å². The van der Waals surface area contributed by atoms with Crippen LogP contribution in [0.5, 0.6) is 5.75 Å². The lowest BCUT2D eigenvalue weighted by molar-refractivity contribution is -0.119. The van der Waals surface area contributed by atoms with E-state index in [2.05, 4.69) is 5.32 Å². The van der Waals surface area contributed by atoms with Crippen LogP contribution in [0.25, 0.3) is 0 Å². The summed E-state index contributed by atoms with van der Waals surface area (Å²) in [5.74, 6) is 0.720. The second-order valence-corrected chi connectivity index (χ2v) is 8.67. The third-order valence-corrected chi connectivity index (χ3v) is 6.52. The summed E-state index contributed by atoms with van der Waals surface area (Å²) < 4.78 is 38.5. The number of nitrogens with zero attached hydrogens (tertiary/aromatic N) is 1. The number of ether oxygens (including phenoxy) is 1. The predicted octanol–water partition coefficient (Wildman–Crippen LogP) is 3.42. The fourth-order valence-corrected chi connectivity index (χ4v) is 4.69. The second kappa shape index (κ2) is 9.04. The Morgan fingerprint density at radius 2 is 1.83 bits per heavy atom. The molecule has 7 nitrogen and oxygen atoms in total. The van der Waals surface area contributed by atoms with Crippen LogP contribution in [0.3, 0.4) is 0 Å². The molecule has 1 aromatic heterocycles. The average Bonchev–Trinajstić information content (AvgIpc) is 3.26. The number of amides is 1. The molecule has 2 aromatic carbocycles. The fraction of sp³-hybridized carbons (Fsp3) is 0.227. The molecule has 0 saturated carbocycles. The van der Waals surface area contributed by atoms with Gasteiger partial charge in [0.15, 0.2) is 0 Å². The molecule has 0 bridgehead atoms. The summed E-state index contributed by atoms with van der Waals surface area (Å²) >= 11 is 0. The number of sulfonamides is 1. The monoisotopic (exact) mass is 428 g/mol. The first-order valence-electron chi connectivity index (χ1n) is 9.34. The normalized spacial score (nSPS) is 11.2. The Kier molecular flexibility index (Phi) is 6.47. The molecule has 1 N–H and O–H groups in total. The van der Waals surface area contributed by atoms with Crippen molar-refractivity contribution >= 4 is 21.6 Å². The number of methoxy groups -OCH3 is 1. The van der Waals surface area contributed by atoms with Gasteiger partial charge in [-0.1, -0.05) is 12.1 Å². The Balaban J connectivity index is 1.93. The highest BCUT2D eigenvalue weighted by Crippen LogP contribution is 2.28. The van der Waals surface area contributed by atoms with Gasteiger partial charge < -0.3 is 14.5 Å². The first-order valence-corrected chi connectivity index (χ1v) is 10.8. The van der Waals surface area contributed by atoms with E-state index in [4.69, 9.17) is 9.15 Å². The van der Waals surface area contributed by atoms with Crippen LogP contribution in [0.15, 0.2) is 70.2 Å². The van der Waals surface area contributed by atoms with Crippen molar-refractivity contribution in [2.45, 2.75) is 25.3 Å². The number of aryl methyl sites for hydroxylation is 2. The number of nitrogens with one attached hydrogen (secondary N) is 1.